The van der Waals surface area contributed by atoms with Crippen LogP contribution in [0.1, 0.15) is 37.8 Å². The number of esters is 1. The highest BCUT2D eigenvalue weighted by Gasteiger charge is 2.41. The Bertz CT molecular complexity index is 972. The fraction of sp³-hybridized carbons (Fsp3) is 0.444. The molecule has 1 aliphatic heterocycles. The molecule has 3 rings (SSSR count). The van der Waals surface area contributed by atoms with Crippen LogP contribution < -0.4 is 5.32 Å². The fourth-order valence-corrected chi connectivity index (χ4v) is 5.48. The summed E-state index contributed by atoms with van der Waals surface area (Å²) in [5, 5.41) is 12.9. The third kappa shape index (κ3) is 7.83. The first-order chi connectivity index (χ1) is 16.9. The van der Waals surface area contributed by atoms with Crippen LogP contribution in [0.5, 0.6) is 0 Å². The molecule has 4 atom stereocenters. The van der Waals surface area contributed by atoms with Gasteiger partial charge in [-0.3, -0.25) is 14.9 Å². The van der Waals surface area contributed by atoms with Crippen molar-refractivity contribution in [1.82, 2.24) is 10.2 Å². The van der Waals surface area contributed by atoms with Gasteiger partial charge in [0, 0.05) is 17.5 Å². The number of benzene rings is 2. The number of likely N-dealkylation sites (tertiary alicyclic amines) is 1. The maximum atomic E-state index is 13.3. The topological polar surface area (TPSA) is 95.9 Å². The second-order valence-electron chi connectivity index (χ2n) is 8.72. The van der Waals surface area contributed by atoms with Crippen LogP contribution in [0.15, 0.2) is 60.7 Å². The number of nitrogens with one attached hydrogen (secondary N) is 1. The maximum Gasteiger partial charge on any atom is 0.326 e. The van der Waals surface area contributed by atoms with Gasteiger partial charge in [-0.05, 0) is 44.2 Å². The number of hydrogen-bond donors (Lipinski definition) is 2. The van der Waals surface area contributed by atoms with Crippen LogP contribution >= 0.6 is 11.8 Å². The molecule has 35 heavy (non-hydrogen) atoms. The molecule has 2 aromatic carbocycles. The Balaban J connectivity index is 1.62. The Morgan fingerprint density at radius 2 is 1.71 bits per heavy atom. The summed E-state index contributed by atoms with van der Waals surface area (Å²) < 4.78 is 5.23. The van der Waals surface area contributed by atoms with E-state index in [2.05, 4.69) is 5.32 Å². The first kappa shape index (κ1) is 26.8. The standard InChI is InChI=1S/C27H34N2O5S/c1-3-34-27(33)23(15-14-20-10-6-4-7-11-20)28-19(2)25(30)29-17-22(16-24(29)26(31)32)35-18-21-12-8-5-9-13-21/h4-13,19,22-24,28H,3,14-18H2,1-2H3,(H,31,32)/t19-,22?,23-,24-/m0/s1. The van der Waals surface area contributed by atoms with E-state index in [-0.39, 0.29) is 17.8 Å². The van der Waals surface area contributed by atoms with E-state index in [1.807, 2.05) is 60.7 Å². The summed E-state index contributed by atoms with van der Waals surface area (Å²) in [6, 6.07) is 17.5. The van der Waals surface area contributed by atoms with Crippen molar-refractivity contribution in [2.45, 2.75) is 62.2 Å². The molecule has 0 aromatic heterocycles. The number of aryl methyl sites for hydroxylation is 1. The quantitative estimate of drug-likeness (QED) is 0.432. The summed E-state index contributed by atoms with van der Waals surface area (Å²) in [7, 11) is 0. The highest BCUT2D eigenvalue weighted by Crippen LogP contribution is 2.30. The molecule has 188 valence electrons. The molecule has 1 fully saturated rings. The second kappa shape index (κ2) is 13.3. The van der Waals surface area contributed by atoms with Crippen LogP contribution in [0.2, 0.25) is 0 Å². The zero-order valence-corrected chi connectivity index (χ0v) is 21.1. The van der Waals surface area contributed by atoms with E-state index in [1.165, 1.54) is 10.5 Å². The third-order valence-electron chi connectivity index (χ3n) is 6.12. The molecular formula is C27H34N2O5S. The third-order valence-corrected chi connectivity index (χ3v) is 7.43. The molecule has 0 spiro atoms. The Kier molecular flexibility index (Phi) is 10.2. The lowest BCUT2D eigenvalue weighted by atomic mass is 10.0. The average Bonchev–Trinajstić information content (AvgIpc) is 3.31. The van der Waals surface area contributed by atoms with E-state index in [1.54, 1.807) is 25.6 Å². The van der Waals surface area contributed by atoms with Gasteiger partial charge < -0.3 is 14.7 Å². The van der Waals surface area contributed by atoms with Crippen molar-refractivity contribution in [3.8, 4) is 0 Å². The SMILES string of the molecule is CCOC(=O)[C@H](CCc1ccccc1)N[C@@H](C)C(=O)N1CC(SCc2ccccc2)C[C@H]1C(=O)O. The number of thioether (sulfide) groups is 1. The number of rotatable bonds is 12. The molecule has 2 N–H and O–H groups in total. The molecule has 7 nitrogen and oxygen atoms in total. The number of amides is 1. The maximum absolute atomic E-state index is 13.3. The first-order valence-corrected chi connectivity index (χ1v) is 13.1. The first-order valence-electron chi connectivity index (χ1n) is 12.0. The lowest BCUT2D eigenvalue weighted by Gasteiger charge is -2.28. The van der Waals surface area contributed by atoms with Gasteiger partial charge in [0.05, 0.1) is 12.6 Å². The number of aliphatic carboxylic acids is 1. The van der Waals surface area contributed by atoms with Crippen molar-refractivity contribution >= 4 is 29.6 Å². The van der Waals surface area contributed by atoms with E-state index in [9.17, 15) is 19.5 Å². The Hall–Kier alpha value is -2.84. The molecule has 0 saturated carbocycles. The average molecular weight is 499 g/mol. The van der Waals surface area contributed by atoms with Crippen molar-refractivity contribution < 1.29 is 24.2 Å². The summed E-state index contributed by atoms with van der Waals surface area (Å²) in [4.78, 5) is 39.3. The molecule has 0 bridgehead atoms. The minimum atomic E-state index is -1.00. The predicted octanol–water partition coefficient (Wildman–Crippen LogP) is 3.52. The Morgan fingerprint density at radius 3 is 2.31 bits per heavy atom. The van der Waals surface area contributed by atoms with Gasteiger partial charge in [0.2, 0.25) is 5.91 Å². The zero-order valence-electron chi connectivity index (χ0n) is 20.3. The largest absolute Gasteiger partial charge is 0.480 e. The van der Waals surface area contributed by atoms with Gasteiger partial charge >= 0.3 is 11.9 Å². The van der Waals surface area contributed by atoms with Crippen LogP contribution in [0.4, 0.5) is 0 Å². The van der Waals surface area contributed by atoms with E-state index >= 15 is 0 Å². The zero-order chi connectivity index (χ0) is 25.2. The molecule has 1 heterocycles. The molecule has 1 unspecified atom stereocenters. The van der Waals surface area contributed by atoms with Crippen molar-refractivity contribution in [2.75, 3.05) is 13.2 Å². The highest BCUT2D eigenvalue weighted by atomic mass is 32.2. The van der Waals surface area contributed by atoms with Gasteiger partial charge in [-0.1, -0.05) is 60.7 Å². The van der Waals surface area contributed by atoms with Gasteiger partial charge in [-0.25, -0.2) is 4.79 Å². The van der Waals surface area contributed by atoms with E-state index in [4.69, 9.17) is 4.74 Å². The Morgan fingerprint density at radius 1 is 1.09 bits per heavy atom. The summed E-state index contributed by atoms with van der Waals surface area (Å²) in [5.41, 5.74) is 2.26. The van der Waals surface area contributed by atoms with Crippen molar-refractivity contribution in [3.05, 3.63) is 71.8 Å². The number of ether oxygens (including phenoxy) is 1. The number of carboxylic acids is 1. The summed E-state index contributed by atoms with van der Waals surface area (Å²) in [6.45, 7) is 4.04. The second-order valence-corrected chi connectivity index (χ2v) is 10.0. The molecular weight excluding hydrogens is 464 g/mol. The van der Waals surface area contributed by atoms with Crippen LogP contribution in [0.25, 0.3) is 0 Å². The number of nitrogens with zero attached hydrogens (tertiary/aromatic N) is 1. The van der Waals surface area contributed by atoms with Crippen molar-refractivity contribution in [1.29, 1.82) is 0 Å². The van der Waals surface area contributed by atoms with Gasteiger partial charge in [0.1, 0.15) is 12.1 Å². The number of hydrogen-bond acceptors (Lipinski definition) is 6. The van der Waals surface area contributed by atoms with Gasteiger partial charge in [0.15, 0.2) is 0 Å². The number of carbonyl (C=O) groups excluding carboxylic acids is 2. The normalized spacial score (nSPS) is 19.2. The van der Waals surface area contributed by atoms with Crippen LogP contribution in [0.3, 0.4) is 0 Å². The molecule has 1 saturated heterocycles. The highest BCUT2D eigenvalue weighted by molar-refractivity contribution is 7.99. The molecule has 0 radical (unpaired) electrons. The molecule has 1 amide bonds. The molecule has 8 heteroatoms. The minimum absolute atomic E-state index is 0.0337. The fourth-order valence-electron chi connectivity index (χ4n) is 4.27. The summed E-state index contributed by atoms with van der Waals surface area (Å²) >= 11 is 1.67. The van der Waals surface area contributed by atoms with E-state index in [0.717, 1.165) is 11.3 Å². The van der Waals surface area contributed by atoms with Gasteiger partial charge in [-0.15, -0.1) is 0 Å². The summed E-state index contributed by atoms with van der Waals surface area (Å²) in [6.07, 6.45) is 1.52. The molecule has 2 aromatic rings. The predicted molar refractivity (Wildman–Crippen MR) is 137 cm³/mol. The number of carboxylic acid groups (broad SMARTS) is 1. The van der Waals surface area contributed by atoms with Crippen molar-refractivity contribution in [3.63, 3.8) is 0 Å². The van der Waals surface area contributed by atoms with Crippen LogP contribution in [-0.2, 0) is 31.3 Å². The lowest BCUT2D eigenvalue weighted by Crippen LogP contribution is -2.53. The van der Waals surface area contributed by atoms with Gasteiger partial charge in [-0.2, -0.15) is 11.8 Å². The summed E-state index contributed by atoms with van der Waals surface area (Å²) in [5.74, 6) is -0.956. The smallest absolute Gasteiger partial charge is 0.326 e. The molecule has 1 aliphatic rings. The van der Waals surface area contributed by atoms with Crippen molar-refractivity contribution in [2.24, 2.45) is 0 Å². The Labute approximate surface area is 211 Å². The monoisotopic (exact) mass is 498 g/mol. The van der Waals surface area contributed by atoms with Crippen LogP contribution in [0, 0.1) is 0 Å². The molecule has 0 aliphatic carbocycles. The van der Waals surface area contributed by atoms with E-state index in [0.29, 0.717) is 25.8 Å². The van der Waals surface area contributed by atoms with Gasteiger partial charge in [0.25, 0.3) is 0 Å². The number of carbonyl (C=O) groups is 3. The van der Waals surface area contributed by atoms with Crippen LogP contribution in [-0.4, -0.2) is 64.4 Å². The lowest BCUT2D eigenvalue weighted by molar-refractivity contribution is -0.150. The van der Waals surface area contributed by atoms with E-state index < -0.39 is 30.1 Å². The minimum Gasteiger partial charge on any atom is -0.480 e.